The van der Waals surface area contributed by atoms with Gasteiger partial charge in [0.15, 0.2) is 5.76 Å². The highest BCUT2D eigenvalue weighted by atomic mass is 16.5. The molecular weight excluding hydrogens is 264 g/mol. The van der Waals surface area contributed by atoms with Crippen LogP contribution in [0.2, 0.25) is 0 Å². The lowest BCUT2D eigenvalue weighted by atomic mass is 10.1. The topological polar surface area (TPSA) is 47.3 Å². The van der Waals surface area contributed by atoms with Gasteiger partial charge < -0.3 is 14.6 Å². The van der Waals surface area contributed by atoms with Crippen molar-refractivity contribution in [2.45, 2.75) is 40.3 Å². The highest BCUT2D eigenvalue weighted by Gasteiger charge is 2.07. The van der Waals surface area contributed by atoms with E-state index in [1.54, 1.807) is 0 Å². The zero-order chi connectivity index (χ0) is 15.2. The van der Waals surface area contributed by atoms with E-state index in [0.29, 0.717) is 12.5 Å². The average molecular weight is 288 g/mol. The van der Waals surface area contributed by atoms with Crippen molar-refractivity contribution >= 4 is 0 Å². The van der Waals surface area contributed by atoms with Crippen LogP contribution in [-0.4, -0.2) is 11.8 Å². The number of nitrogens with one attached hydrogen (secondary N) is 1. The normalized spacial score (nSPS) is 12.6. The first-order valence-corrected chi connectivity index (χ1v) is 7.43. The summed E-state index contributed by atoms with van der Waals surface area (Å²) in [5, 5.41) is 7.31. The second-order valence-corrected chi connectivity index (χ2v) is 5.81. The van der Waals surface area contributed by atoms with Crippen molar-refractivity contribution in [3.8, 4) is 5.75 Å². The van der Waals surface area contributed by atoms with E-state index in [9.17, 15) is 0 Å². The predicted molar refractivity (Wildman–Crippen MR) is 83.3 cm³/mol. The summed E-state index contributed by atoms with van der Waals surface area (Å²) in [7, 11) is 0. The Kier molecular flexibility index (Phi) is 5.39. The molecule has 0 aliphatic heterocycles. The number of hydrogen-bond acceptors (Lipinski definition) is 4. The van der Waals surface area contributed by atoms with Gasteiger partial charge in [0.1, 0.15) is 5.75 Å². The fourth-order valence-electron chi connectivity index (χ4n) is 1.99. The van der Waals surface area contributed by atoms with Gasteiger partial charge in [0, 0.05) is 12.1 Å². The maximum absolute atomic E-state index is 5.69. The molecule has 0 bridgehead atoms. The van der Waals surface area contributed by atoms with Crippen LogP contribution in [0.4, 0.5) is 0 Å². The van der Waals surface area contributed by atoms with Gasteiger partial charge in [-0.1, -0.05) is 31.1 Å². The summed E-state index contributed by atoms with van der Waals surface area (Å²) in [5.41, 5.74) is 2.13. The molecule has 0 saturated carbocycles. The Morgan fingerprint density at radius 1 is 1.19 bits per heavy atom. The standard InChI is InChI=1S/C17H24N2O2/c1-12(2)11-20-16-7-5-15(6-8-16)14(4)18-10-17-9-13(3)19-21-17/h5-9,12,14,18H,10-11H2,1-4H3. The molecule has 1 atom stereocenters. The van der Waals surface area contributed by atoms with E-state index < -0.39 is 0 Å². The highest BCUT2D eigenvalue weighted by molar-refractivity contribution is 5.29. The number of aryl methyl sites for hydroxylation is 1. The smallest absolute Gasteiger partial charge is 0.150 e. The fourth-order valence-corrected chi connectivity index (χ4v) is 1.99. The SMILES string of the molecule is Cc1cc(CNC(C)c2ccc(OCC(C)C)cc2)on1. The molecule has 0 spiro atoms. The van der Waals surface area contributed by atoms with E-state index in [1.165, 1.54) is 5.56 Å². The van der Waals surface area contributed by atoms with Crippen LogP contribution in [0.5, 0.6) is 5.75 Å². The third kappa shape index (κ3) is 4.90. The number of aromatic nitrogens is 1. The van der Waals surface area contributed by atoms with Gasteiger partial charge in [-0.05, 0) is 37.5 Å². The Morgan fingerprint density at radius 3 is 2.48 bits per heavy atom. The van der Waals surface area contributed by atoms with E-state index in [1.807, 2.05) is 25.1 Å². The van der Waals surface area contributed by atoms with Crippen molar-refractivity contribution in [3.05, 3.63) is 47.3 Å². The number of rotatable bonds is 7. The summed E-state index contributed by atoms with van der Waals surface area (Å²) in [6.45, 7) is 9.77. The molecule has 1 unspecified atom stereocenters. The Balaban J connectivity index is 1.85. The maximum Gasteiger partial charge on any atom is 0.150 e. The minimum atomic E-state index is 0.245. The van der Waals surface area contributed by atoms with Gasteiger partial charge in [-0.15, -0.1) is 0 Å². The van der Waals surface area contributed by atoms with Gasteiger partial charge in [0.25, 0.3) is 0 Å². The molecule has 0 aliphatic rings. The molecule has 1 aromatic heterocycles. The molecule has 4 heteroatoms. The van der Waals surface area contributed by atoms with E-state index in [2.05, 4.69) is 43.4 Å². The number of ether oxygens (including phenoxy) is 1. The fraction of sp³-hybridized carbons (Fsp3) is 0.471. The second kappa shape index (κ2) is 7.27. The Bertz CT molecular complexity index is 546. The molecule has 114 valence electrons. The van der Waals surface area contributed by atoms with Crippen LogP contribution in [0, 0.1) is 12.8 Å². The van der Waals surface area contributed by atoms with E-state index in [4.69, 9.17) is 9.26 Å². The third-order valence-corrected chi connectivity index (χ3v) is 3.22. The van der Waals surface area contributed by atoms with Gasteiger partial charge in [0.2, 0.25) is 0 Å². The van der Waals surface area contributed by atoms with Crippen molar-refractivity contribution < 1.29 is 9.26 Å². The molecule has 21 heavy (non-hydrogen) atoms. The minimum absolute atomic E-state index is 0.245. The zero-order valence-corrected chi connectivity index (χ0v) is 13.2. The van der Waals surface area contributed by atoms with Crippen molar-refractivity contribution in [3.63, 3.8) is 0 Å². The van der Waals surface area contributed by atoms with Crippen molar-refractivity contribution in [2.24, 2.45) is 5.92 Å². The first-order valence-electron chi connectivity index (χ1n) is 7.43. The summed E-state index contributed by atoms with van der Waals surface area (Å²) < 4.78 is 10.9. The lowest BCUT2D eigenvalue weighted by molar-refractivity contribution is 0.271. The predicted octanol–water partition coefficient (Wildman–Crippen LogP) is 3.87. The van der Waals surface area contributed by atoms with Gasteiger partial charge >= 0.3 is 0 Å². The number of hydrogen-bond donors (Lipinski definition) is 1. The largest absolute Gasteiger partial charge is 0.493 e. The van der Waals surface area contributed by atoms with Crippen LogP contribution in [0.3, 0.4) is 0 Å². The lowest BCUT2D eigenvalue weighted by Gasteiger charge is -2.14. The number of nitrogens with zero attached hydrogens (tertiary/aromatic N) is 1. The van der Waals surface area contributed by atoms with Crippen molar-refractivity contribution in [2.75, 3.05) is 6.61 Å². The van der Waals surface area contributed by atoms with Crippen molar-refractivity contribution in [1.29, 1.82) is 0 Å². The highest BCUT2D eigenvalue weighted by Crippen LogP contribution is 2.18. The Hall–Kier alpha value is -1.81. The van der Waals surface area contributed by atoms with Gasteiger partial charge in [-0.25, -0.2) is 0 Å². The molecule has 0 amide bonds. The molecule has 0 saturated heterocycles. The minimum Gasteiger partial charge on any atom is -0.493 e. The lowest BCUT2D eigenvalue weighted by Crippen LogP contribution is -2.17. The zero-order valence-electron chi connectivity index (χ0n) is 13.2. The second-order valence-electron chi connectivity index (χ2n) is 5.81. The molecule has 0 aliphatic carbocycles. The van der Waals surface area contributed by atoms with Crippen LogP contribution in [0.25, 0.3) is 0 Å². The van der Waals surface area contributed by atoms with Gasteiger partial charge in [-0.3, -0.25) is 0 Å². The molecular formula is C17H24N2O2. The summed E-state index contributed by atoms with van der Waals surface area (Å²) in [4.78, 5) is 0. The molecule has 0 radical (unpaired) electrons. The van der Waals surface area contributed by atoms with Crippen LogP contribution < -0.4 is 10.1 Å². The molecule has 0 fully saturated rings. The average Bonchev–Trinajstić information content (AvgIpc) is 2.89. The van der Waals surface area contributed by atoms with Crippen LogP contribution >= 0.6 is 0 Å². The molecule has 2 aromatic rings. The summed E-state index contributed by atoms with van der Waals surface area (Å²) in [6.07, 6.45) is 0. The molecule has 1 aromatic carbocycles. The first kappa shape index (κ1) is 15.6. The molecule has 1 heterocycles. The quantitative estimate of drug-likeness (QED) is 0.840. The van der Waals surface area contributed by atoms with Gasteiger partial charge in [0.05, 0.1) is 18.8 Å². The van der Waals surface area contributed by atoms with E-state index in [-0.39, 0.29) is 6.04 Å². The van der Waals surface area contributed by atoms with Crippen molar-refractivity contribution in [1.82, 2.24) is 10.5 Å². The summed E-state index contributed by atoms with van der Waals surface area (Å²) in [5.74, 6) is 2.32. The summed E-state index contributed by atoms with van der Waals surface area (Å²) >= 11 is 0. The molecule has 1 N–H and O–H groups in total. The van der Waals surface area contributed by atoms with Crippen LogP contribution in [-0.2, 0) is 6.54 Å². The number of benzene rings is 1. The first-order chi connectivity index (χ1) is 10.0. The van der Waals surface area contributed by atoms with E-state index >= 15 is 0 Å². The molecule has 4 nitrogen and oxygen atoms in total. The molecule has 2 rings (SSSR count). The summed E-state index contributed by atoms with van der Waals surface area (Å²) in [6, 6.07) is 10.4. The van der Waals surface area contributed by atoms with Gasteiger partial charge in [-0.2, -0.15) is 0 Å². The Labute approximate surface area is 126 Å². The maximum atomic E-state index is 5.69. The van der Waals surface area contributed by atoms with Crippen LogP contribution in [0.15, 0.2) is 34.9 Å². The van der Waals surface area contributed by atoms with E-state index in [0.717, 1.165) is 23.8 Å². The Morgan fingerprint density at radius 2 is 1.90 bits per heavy atom. The monoisotopic (exact) mass is 288 g/mol. The third-order valence-electron chi connectivity index (χ3n) is 3.22. The van der Waals surface area contributed by atoms with Crippen LogP contribution in [0.1, 0.15) is 43.8 Å².